The van der Waals surface area contributed by atoms with Crippen molar-refractivity contribution < 1.29 is 9.59 Å². The Labute approximate surface area is 208 Å². The third-order valence-electron chi connectivity index (χ3n) is 6.75. The molecule has 0 spiro atoms. The Kier molecular flexibility index (Phi) is 8.32. The van der Waals surface area contributed by atoms with Gasteiger partial charge in [0.25, 0.3) is 5.91 Å². The van der Waals surface area contributed by atoms with Crippen LogP contribution in [-0.2, 0) is 11.3 Å². The Morgan fingerprint density at radius 1 is 1.06 bits per heavy atom. The summed E-state index contributed by atoms with van der Waals surface area (Å²) in [6, 6.07) is 18.0. The van der Waals surface area contributed by atoms with E-state index in [2.05, 4.69) is 48.3 Å². The van der Waals surface area contributed by atoms with Gasteiger partial charge in [0.05, 0.1) is 5.37 Å². The highest BCUT2D eigenvalue weighted by atomic mass is 32.2. The number of hydrogen-bond acceptors (Lipinski definition) is 4. The minimum absolute atomic E-state index is 0.00117. The number of hydrogen-bond donors (Lipinski definition) is 1. The van der Waals surface area contributed by atoms with Crippen molar-refractivity contribution >= 4 is 23.6 Å². The van der Waals surface area contributed by atoms with Crippen LogP contribution in [0.5, 0.6) is 0 Å². The van der Waals surface area contributed by atoms with Gasteiger partial charge in [0.15, 0.2) is 0 Å². The fourth-order valence-electron chi connectivity index (χ4n) is 4.92. The molecular weight excluding hydrogens is 442 g/mol. The third kappa shape index (κ3) is 6.22. The maximum Gasteiger partial charge on any atom is 0.255 e. The average Bonchev–Trinajstić information content (AvgIpc) is 3.23. The van der Waals surface area contributed by atoms with E-state index in [0.717, 1.165) is 44.5 Å². The average molecular weight is 480 g/mol. The molecule has 4 rings (SSSR count). The van der Waals surface area contributed by atoms with Gasteiger partial charge in [-0.25, -0.2) is 0 Å². The van der Waals surface area contributed by atoms with Crippen LogP contribution in [0.4, 0.5) is 0 Å². The van der Waals surface area contributed by atoms with Crippen molar-refractivity contribution in [1.82, 2.24) is 15.1 Å². The number of benzene rings is 2. The van der Waals surface area contributed by atoms with Crippen LogP contribution in [0.2, 0.25) is 0 Å². The molecule has 2 aromatic rings. The molecule has 0 saturated carbocycles. The first-order valence-electron chi connectivity index (χ1n) is 12.5. The number of aryl methyl sites for hydroxylation is 1. The quantitative estimate of drug-likeness (QED) is 0.625. The van der Waals surface area contributed by atoms with Crippen molar-refractivity contribution in [2.24, 2.45) is 5.92 Å². The fourth-order valence-corrected chi connectivity index (χ4v) is 6.56. The highest BCUT2D eigenvalue weighted by Crippen LogP contribution is 2.35. The maximum absolute atomic E-state index is 13.5. The van der Waals surface area contributed by atoms with E-state index >= 15 is 0 Å². The number of carbonyl (C=O) groups excluding carboxylic acids is 2. The minimum Gasteiger partial charge on any atom is -0.351 e. The van der Waals surface area contributed by atoms with Crippen LogP contribution in [0.1, 0.15) is 54.6 Å². The molecule has 0 aromatic heterocycles. The van der Waals surface area contributed by atoms with Crippen LogP contribution in [0.15, 0.2) is 54.6 Å². The first kappa shape index (κ1) is 24.8. The molecule has 2 unspecified atom stereocenters. The molecule has 0 aliphatic carbocycles. The standard InChI is InChI=1S/C28H37N3O2S/c1-20(2)16-26-31(28(33)23-11-7-8-21(3)17-23)25(19-34-26)27(32)29-24-12-14-30(15-13-24)18-22-9-5-4-6-10-22/h4-11,17,20,24-26H,12-16,18-19H2,1-3H3,(H,29,32). The lowest BCUT2D eigenvalue weighted by molar-refractivity contribution is -0.126. The van der Waals surface area contributed by atoms with Crippen molar-refractivity contribution in [3.05, 3.63) is 71.3 Å². The molecule has 2 fully saturated rings. The van der Waals surface area contributed by atoms with Gasteiger partial charge < -0.3 is 10.2 Å². The number of piperidine rings is 1. The minimum atomic E-state index is -0.413. The van der Waals surface area contributed by atoms with Crippen LogP contribution in [0.25, 0.3) is 0 Å². The van der Waals surface area contributed by atoms with E-state index < -0.39 is 6.04 Å². The van der Waals surface area contributed by atoms with E-state index in [0.29, 0.717) is 17.2 Å². The predicted molar refractivity (Wildman–Crippen MR) is 140 cm³/mol. The number of amides is 2. The van der Waals surface area contributed by atoms with Crippen LogP contribution >= 0.6 is 11.8 Å². The van der Waals surface area contributed by atoms with Crippen molar-refractivity contribution in [2.45, 2.75) is 64.0 Å². The zero-order valence-electron chi connectivity index (χ0n) is 20.6. The molecule has 2 atom stereocenters. The zero-order valence-corrected chi connectivity index (χ0v) is 21.4. The molecule has 1 N–H and O–H groups in total. The Balaban J connectivity index is 1.38. The van der Waals surface area contributed by atoms with Crippen LogP contribution in [0.3, 0.4) is 0 Å². The van der Waals surface area contributed by atoms with Crippen molar-refractivity contribution in [1.29, 1.82) is 0 Å². The summed E-state index contributed by atoms with van der Waals surface area (Å²) >= 11 is 1.74. The normalized spacial score (nSPS) is 21.7. The molecule has 2 amide bonds. The molecule has 2 saturated heterocycles. The van der Waals surface area contributed by atoms with Crippen LogP contribution in [0, 0.1) is 12.8 Å². The highest BCUT2D eigenvalue weighted by molar-refractivity contribution is 8.00. The predicted octanol–water partition coefficient (Wildman–Crippen LogP) is 4.71. The van der Waals surface area contributed by atoms with Crippen molar-refractivity contribution in [2.75, 3.05) is 18.8 Å². The van der Waals surface area contributed by atoms with Gasteiger partial charge in [-0.1, -0.05) is 61.9 Å². The highest BCUT2D eigenvalue weighted by Gasteiger charge is 2.42. The van der Waals surface area contributed by atoms with Gasteiger partial charge >= 0.3 is 0 Å². The van der Waals surface area contributed by atoms with E-state index in [1.807, 2.05) is 42.2 Å². The number of rotatable bonds is 7. The summed E-state index contributed by atoms with van der Waals surface area (Å²) in [5.74, 6) is 1.09. The Morgan fingerprint density at radius 2 is 1.79 bits per heavy atom. The number of carbonyl (C=O) groups is 2. The molecule has 34 heavy (non-hydrogen) atoms. The number of nitrogens with zero attached hydrogens (tertiary/aromatic N) is 2. The lowest BCUT2D eigenvalue weighted by atomic mass is 10.0. The fraction of sp³-hybridized carbons (Fsp3) is 0.500. The van der Waals surface area contributed by atoms with Crippen LogP contribution in [-0.4, -0.2) is 57.9 Å². The number of nitrogens with one attached hydrogen (secondary N) is 1. The van der Waals surface area contributed by atoms with E-state index in [4.69, 9.17) is 0 Å². The second-order valence-electron chi connectivity index (χ2n) is 10.1. The van der Waals surface area contributed by atoms with Gasteiger partial charge in [-0.15, -0.1) is 11.8 Å². The molecule has 2 aliphatic rings. The van der Waals surface area contributed by atoms with Gasteiger partial charge in [-0.2, -0.15) is 0 Å². The summed E-state index contributed by atoms with van der Waals surface area (Å²) in [6.45, 7) is 9.24. The van der Waals surface area contributed by atoms with E-state index in [1.54, 1.807) is 11.8 Å². The third-order valence-corrected chi connectivity index (χ3v) is 8.06. The summed E-state index contributed by atoms with van der Waals surface area (Å²) < 4.78 is 0. The molecule has 2 heterocycles. The molecular formula is C28H37N3O2S. The topological polar surface area (TPSA) is 52.7 Å². The lowest BCUT2D eigenvalue weighted by Crippen LogP contribution is -2.53. The summed E-state index contributed by atoms with van der Waals surface area (Å²) in [5.41, 5.74) is 3.05. The SMILES string of the molecule is Cc1cccc(C(=O)N2C(CC(C)C)SCC2C(=O)NC2CCN(Cc3ccccc3)CC2)c1. The zero-order chi connectivity index (χ0) is 24.1. The van der Waals surface area contributed by atoms with E-state index in [-0.39, 0.29) is 23.2 Å². The second-order valence-corrected chi connectivity index (χ2v) is 11.3. The molecule has 0 bridgehead atoms. The molecule has 182 valence electrons. The number of thioether (sulfide) groups is 1. The smallest absolute Gasteiger partial charge is 0.255 e. The maximum atomic E-state index is 13.5. The molecule has 0 radical (unpaired) electrons. The van der Waals surface area contributed by atoms with Crippen molar-refractivity contribution in [3.8, 4) is 0 Å². The summed E-state index contributed by atoms with van der Waals surface area (Å²) in [7, 11) is 0. The first-order valence-corrected chi connectivity index (χ1v) is 13.5. The molecule has 6 heteroatoms. The Hall–Kier alpha value is -2.31. The van der Waals surface area contributed by atoms with E-state index in [1.165, 1.54) is 5.56 Å². The van der Waals surface area contributed by atoms with Gasteiger partial charge in [0.1, 0.15) is 6.04 Å². The monoisotopic (exact) mass is 479 g/mol. The second kappa shape index (κ2) is 11.4. The largest absolute Gasteiger partial charge is 0.351 e. The molecule has 2 aromatic carbocycles. The summed E-state index contributed by atoms with van der Waals surface area (Å²) in [5, 5.41) is 3.33. The lowest BCUT2D eigenvalue weighted by Gasteiger charge is -2.34. The first-order chi connectivity index (χ1) is 16.4. The van der Waals surface area contributed by atoms with Crippen LogP contribution < -0.4 is 5.32 Å². The van der Waals surface area contributed by atoms with E-state index in [9.17, 15) is 9.59 Å². The van der Waals surface area contributed by atoms with Gasteiger partial charge in [-0.05, 0) is 49.8 Å². The summed E-state index contributed by atoms with van der Waals surface area (Å²) in [6.07, 6.45) is 2.78. The Morgan fingerprint density at radius 3 is 2.47 bits per heavy atom. The molecule has 2 aliphatic heterocycles. The number of likely N-dealkylation sites (tertiary alicyclic amines) is 1. The Bertz CT molecular complexity index is 973. The van der Waals surface area contributed by atoms with Gasteiger partial charge in [-0.3, -0.25) is 14.5 Å². The van der Waals surface area contributed by atoms with Gasteiger partial charge in [0.2, 0.25) is 5.91 Å². The van der Waals surface area contributed by atoms with Gasteiger partial charge in [0, 0.05) is 37.0 Å². The van der Waals surface area contributed by atoms with Crippen molar-refractivity contribution in [3.63, 3.8) is 0 Å². The summed E-state index contributed by atoms with van der Waals surface area (Å²) in [4.78, 5) is 31.3. The molecule has 5 nitrogen and oxygen atoms in total.